The van der Waals surface area contributed by atoms with Crippen LogP contribution in [0.1, 0.15) is 264 Å². The average Bonchev–Trinajstić information content (AvgIpc) is 3.39. The molecule has 0 aromatic heterocycles. The summed E-state index contributed by atoms with van der Waals surface area (Å²) in [5.41, 5.74) is 0. The quantitative estimate of drug-likeness (QED) is 0.0195. The molecule has 2 unspecified atom stereocenters. The minimum Gasteiger partial charge on any atom is -0.545 e. The molecule has 0 bridgehead atoms. The number of esters is 2. The Morgan fingerprint density at radius 2 is 0.750 bits per heavy atom. The number of hydrogen-bond donors (Lipinski definition) is 0. The van der Waals surface area contributed by atoms with Gasteiger partial charge in [0.1, 0.15) is 13.2 Å². The molecule has 9 heteroatoms. The molecule has 0 saturated carbocycles. The molecule has 0 aliphatic heterocycles. The summed E-state index contributed by atoms with van der Waals surface area (Å²) < 4.78 is 22.7. The van der Waals surface area contributed by atoms with Crippen LogP contribution in [0, 0.1) is 0 Å². The zero-order valence-electron chi connectivity index (χ0n) is 49.9. The Morgan fingerprint density at radius 1 is 0.408 bits per heavy atom. The standard InChI is InChI=1S/C67H117NO8/c1-6-8-10-12-14-16-18-20-22-23-24-25-26-27-28-29-30-31-32-33-34-35-36-37-38-39-40-41-42-43-44-46-48-50-52-54-56-58-65(70)76-63(62-75-67(66(71)72)73-60-59-68(3,4)5)61-74-64(69)57-55-53-51-49-47-45-21-19-17-15-13-11-9-7-2/h8,10,14,16,20,22,24-25,27-28,30-31,33-34,63,67H,6-7,9,11-13,15,17-19,21,23,26,29,32,35-62H2,1-5H3/b10-8-,16-14-,22-20-,25-24-,28-27-,31-30-,34-33-. The monoisotopic (exact) mass is 1060 g/mol. The number of hydrogen-bond acceptors (Lipinski definition) is 8. The van der Waals surface area contributed by atoms with E-state index in [1.807, 2.05) is 21.1 Å². The molecule has 0 aliphatic carbocycles. The normalized spacial score (nSPS) is 13.3. The highest BCUT2D eigenvalue weighted by Gasteiger charge is 2.22. The summed E-state index contributed by atoms with van der Waals surface area (Å²) in [5.74, 6) is -2.27. The number of allylic oxidation sites excluding steroid dienone is 14. The summed E-state index contributed by atoms with van der Waals surface area (Å²) in [7, 11) is 5.92. The van der Waals surface area contributed by atoms with Crippen molar-refractivity contribution in [2.45, 2.75) is 277 Å². The molecule has 2 atom stereocenters. The van der Waals surface area contributed by atoms with Crippen LogP contribution in [0.2, 0.25) is 0 Å². The van der Waals surface area contributed by atoms with Gasteiger partial charge in [0, 0.05) is 12.8 Å². The number of carbonyl (C=O) groups excluding carboxylic acids is 3. The smallest absolute Gasteiger partial charge is 0.306 e. The van der Waals surface area contributed by atoms with E-state index in [9.17, 15) is 19.5 Å². The molecule has 0 spiro atoms. The Balaban J connectivity index is 4.07. The summed E-state index contributed by atoms with van der Waals surface area (Å²) in [6.45, 7) is 4.65. The van der Waals surface area contributed by atoms with Crippen molar-refractivity contribution in [2.75, 3.05) is 47.5 Å². The Labute approximate surface area is 468 Å². The van der Waals surface area contributed by atoms with Crippen LogP contribution in [0.25, 0.3) is 0 Å². The lowest BCUT2D eigenvalue weighted by Crippen LogP contribution is -2.44. The molecule has 0 saturated heterocycles. The highest BCUT2D eigenvalue weighted by molar-refractivity contribution is 5.70. The first-order chi connectivity index (χ1) is 37.1. The van der Waals surface area contributed by atoms with Crippen LogP contribution in [0.15, 0.2) is 85.1 Å². The van der Waals surface area contributed by atoms with E-state index in [1.165, 1.54) is 148 Å². The van der Waals surface area contributed by atoms with Gasteiger partial charge in [0.25, 0.3) is 0 Å². The van der Waals surface area contributed by atoms with Crippen molar-refractivity contribution in [1.29, 1.82) is 0 Å². The zero-order valence-corrected chi connectivity index (χ0v) is 49.9. The van der Waals surface area contributed by atoms with Crippen LogP contribution in [0.3, 0.4) is 0 Å². The topological polar surface area (TPSA) is 111 Å². The van der Waals surface area contributed by atoms with Crippen molar-refractivity contribution >= 4 is 17.9 Å². The van der Waals surface area contributed by atoms with Gasteiger partial charge in [0.2, 0.25) is 0 Å². The van der Waals surface area contributed by atoms with Gasteiger partial charge in [-0.25, -0.2) is 0 Å². The van der Waals surface area contributed by atoms with Gasteiger partial charge >= 0.3 is 11.9 Å². The molecule has 0 fully saturated rings. The van der Waals surface area contributed by atoms with Gasteiger partial charge in [-0.15, -0.1) is 0 Å². The third-order valence-electron chi connectivity index (χ3n) is 13.4. The number of unbranched alkanes of at least 4 members (excludes halogenated alkanes) is 28. The number of nitrogens with zero attached hydrogens (tertiary/aromatic N) is 1. The van der Waals surface area contributed by atoms with Crippen LogP contribution in [0.5, 0.6) is 0 Å². The fraction of sp³-hybridized carbons (Fsp3) is 0.746. The Bertz CT molecular complexity index is 1520. The molecule has 76 heavy (non-hydrogen) atoms. The van der Waals surface area contributed by atoms with Crippen LogP contribution in [-0.4, -0.2) is 82.3 Å². The fourth-order valence-electron chi connectivity index (χ4n) is 8.64. The second-order valence-corrected chi connectivity index (χ2v) is 22.0. The van der Waals surface area contributed by atoms with Crippen molar-refractivity contribution in [3.63, 3.8) is 0 Å². The van der Waals surface area contributed by atoms with Gasteiger partial charge in [0.15, 0.2) is 12.4 Å². The second-order valence-electron chi connectivity index (χ2n) is 22.0. The number of carboxylic acid groups (broad SMARTS) is 1. The van der Waals surface area contributed by atoms with E-state index in [-0.39, 0.29) is 32.2 Å². The molecule has 0 amide bonds. The third-order valence-corrected chi connectivity index (χ3v) is 13.4. The summed E-state index contributed by atoms with van der Waals surface area (Å²) in [6.07, 6.45) is 73.6. The molecule has 0 N–H and O–H groups in total. The number of aliphatic carboxylic acids is 1. The first-order valence-corrected chi connectivity index (χ1v) is 31.2. The summed E-state index contributed by atoms with van der Waals surface area (Å²) in [5, 5.41) is 11.8. The molecule has 0 heterocycles. The Hall–Kier alpha value is -3.53. The molecule has 438 valence electrons. The van der Waals surface area contributed by atoms with Crippen LogP contribution < -0.4 is 5.11 Å². The fourth-order valence-corrected chi connectivity index (χ4v) is 8.64. The van der Waals surface area contributed by atoms with Crippen molar-refractivity contribution in [3.8, 4) is 0 Å². The van der Waals surface area contributed by atoms with Gasteiger partial charge in [0.05, 0.1) is 40.3 Å². The average molecular weight is 1060 g/mol. The van der Waals surface area contributed by atoms with E-state index in [4.69, 9.17) is 18.9 Å². The lowest BCUT2D eigenvalue weighted by Gasteiger charge is -2.26. The second kappa shape index (κ2) is 57.6. The third kappa shape index (κ3) is 58.2. The van der Waals surface area contributed by atoms with Gasteiger partial charge < -0.3 is 33.3 Å². The van der Waals surface area contributed by atoms with Gasteiger partial charge in [-0.05, 0) is 70.6 Å². The summed E-state index contributed by atoms with van der Waals surface area (Å²) in [4.78, 5) is 37.3. The highest BCUT2D eigenvalue weighted by atomic mass is 16.7. The highest BCUT2D eigenvalue weighted by Crippen LogP contribution is 2.17. The maximum atomic E-state index is 12.9. The predicted octanol–water partition coefficient (Wildman–Crippen LogP) is 17.4. The predicted molar refractivity (Wildman–Crippen MR) is 320 cm³/mol. The molecular weight excluding hydrogens is 947 g/mol. The molecule has 0 aromatic rings. The molecule has 9 nitrogen and oxygen atoms in total. The number of rotatable bonds is 57. The number of ether oxygens (including phenoxy) is 4. The van der Waals surface area contributed by atoms with E-state index < -0.39 is 24.3 Å². The molecule has 0 aromatic carbocycles. The van der Waals surface area contributed by atoms with Crippen molar-refractivity contribution < 1.29 is 42.9 Å². The van der Waals surface area contributed by atoms with Gasteiger partial charge in [-0.1, -0.05) is 266 Å². The van der Waals surface area contributed by atoms with E-state index >= 15 is 0 Å². The van der Waals surface area contributed by atoms with Crippen LogP contribution >= 0.6 is 0 Å². The maximum absolute atomic E-state index is 12.9. The van der Waals surface area contributed by atoms with E-state index in [0.717, 1.165) is 83.5 Å². The lowest BCUT2D eigenvalue weighted by atomic mass is 10.0. The minimum atomic E-state index is -1.62. The van der Waals surface area contributed by atoms with E-state index in [2.05, 4.69) is 98.9 Å². The largest absolute Gasteiger partial charge is 0.545 e. The molecule has 0 aliphatic rings. The van der Waals surface area contributed by atoms with E-state index in [0.29, 0.717) is 23.9 Å². The molecule has 0 rings (SSSR count). The zero-order chi connectivity index (χ0) is 55.5. The van der Waals surface area contributed by atoms with Gasteiger partial charge in [-0.2, -0.15) is 0 Å². The van der Waals surface area contributed by atoms with E-state index in [1.54, 1.807) is 0 Å². The number of carbonyl (C=O) groups is 3. The summed E-state index contributed by atoms with van der Waals surface area (Å²) >= 11 is 0. The van der Waals surface area contributed by atoms with Crippen LogP contribution in [0.4, 0.5) is 0 Å². The SMILES string of the molecule is CC/C=C\C/C=C\C/C=C\C/C=C\C/C=C\C/C=C\C/C=C\CCCCCCCCCCCCCCCCCC(=O)OC(COC(=O)CCCCCCCCCCCCCCCC)COC(OCC[N+](C)(C)C)C(=O)[O-]. The van der Waals surface area contributed by atoms with Crippen molar-refractivity contribution in [1.82, 2.24) is 0 Å². The first-order valence-electron chi connectivity index (χ1n) is 31.2. The molecule has 0 radical (unpaired) electrons. The first kappa shape index (κ1) is 72.5. The summed E-state index contributed by atoms with van der Waals surface area (Å²) in [6, 6.07) is 0. The molecular formula is C67H117NO8. The maximum Gasteiger partial charge on any atom is 0.306 e. The van der Waals surface area contributed by atoms with Crippen LogP contribution in [-0.2, 0) is 33.3 Å². The number of quaternary nitrogens is 1. The Morgan fingerprint density at radius 3 is 1.12 bits per heavy atom. The minimum absolute atomic E-state index is 0.147. The van der Waals surface area contributed by atoms with Crippen molar-refractivity contribution in [2.24, 2.45) is 0 Å². The number of likely N-dealkylation sites (N-methyl/N-ethyl adjacent to an activating group) is 1. The van der Waals surface area contributed by atoms with Gasteiger partial charge in [-0.3, -0.25) is 9.59 Å². The Kier molecular flexibility index (Phi) is 55.0. The van der Waals surface area contributed by atoms with Crippen molar-refractivity contribution in [3.05, 3.63) is 85.1 Å². The number of carboxylic acids is 1. The lowest BCUT2D eigenvalue weighted by molar-refractivity contribution is -0.870.